The third-order valence-corrected chi connectivity index (χ3v) is 5.49. The monoisotopic (exact) mass is 379 g/mol. The molecule has 8 heteroatoms. The van der Waals surface area contributed by atoms with Crippen LogP contribution in [0.5, 0.6) is 5.75 Å². The van der Waals surface area contributed by atoms with Crippen molar-refractivity contribution in [1.82, 2.24) is 4.31 Å². The molecule has 0 saturated carbocycles. The van der Waals surface area contributed by atoms with Gasteiger partial charge in [-0.15, -0.1) is 0 Å². The molecule has 118 valence electrons. The predicted molar refractivity (Wildman–Crippen MR) is 81.8 cm³/mol. The second kappa shape index (κ2) is 7.77. The summed E-state index contributed by atoms with van der Waals surface area (Å²) in [5.41, 5.74) is 0. The van der Waals surface area contributed by atoms with E-state index < -0.39 is 16.0 Å². The molecule has 0 radical (unpaired) electrons. The van der Waals surface area contributed by atoms with Gasteiger partial charge in [-0.25, -0.2) is 13.2 Å². The average Bonchev–Trinajstić information content (AvgIpc) is 2.46. The van der Waals surface area contributed by atoms with Crippen LogP contribution in [0.4, 0.5) is 0 Å². The molecule has 0 unspecified atom stereocenters. The highest BCUT2D eigenvalue weighted by molar-refractivity contribution is 9.10. The zero-order valence-corrected chi connectivity index (χ0v) is 14.5. The summed E-state index contributed by atoms with van der Waals surface area (Å²) in [5, 5.41) is 0. The average molecular weight is 380 g/mol. The Morgan fingerprint density at radius 2 is 1.90 bits per heavy atom. The summed E-state index contributed by atoms with van der Waals surface area (Å²) in [5.74, 6) is -0.138. The molecule has 0 aliphatic heterocycles. The maximum atomic E-state index is 12.4. The highest BCUT2D eigenvalue weighted by Crippen LogP contribution is 2.29. The fraction of sp³-hybridized carbons (Fsp3) is 0.462. The van der Waals surface area contributed by atoms with Crippen LogP contribution in [0.25, 0.3) is 0 Å². The van der Waals surface area contributed by atoms with E-state index >= 15 is 0 Å². The third-order valence-electron chi connectivity index (χ3n) is 2.82. The molecule has 0 aliphatic rings. The van der Waals surface area contributed by atoms with Gasteiger partial charge in [-0.1, -0.05) is 13.8 Å². The van der Waals surface area contributed by atoms with Crippen molar-refractivity contribution in [2.24, 2.45) is 0 Å². The van der Waals surface area contributed by atoms with Crippen LogP contribution in [0.1, 0.15) is 13.8 Å². The Balaban J connectivity index is 2.99. The van der Waals surface area contributed by atoms with E-state index in [1.807, 2.05) is 0 Å². The van der Waals surface area contributed by atoms with Crippen molar-refractivity contribution in [3.8, 4) is 5.75 Å². The van der Waals surface area contributed by atoms with E-state index in [4.69, 9.17) is 4.74 Å². The third kappa shape index (κ3) is 4.42. The van der Waals surface area contributed by atoms with Crippen LogP contribution in [-0.2, 0) is 19.6 Å². The first-order valence-corrected chi connectivity index (χ1v) is 8.59. The molecule has 21 heavy (non-hydrogen) atoms. The number of ether oxygens (including phenoxy) is 2. The molecular weight excluding hydrogens is 362 g/mol. The number of halogens is 1. The first-order chi connectivity index (χ1) is 9.86. The van der Waals surface area contributed by atoms with E-state index in [0.717, 1.165) is 0 Å². The Hall–Kier alpha value is -1.12. The normalized spacial score (nSPS) is 11.5. The fourth-order valence-electron chi connectivity index (χ4n) is 1.67. The smallest absolute Gasteiger partial charge is 0.343 e. The Kier molecular flexibility index (Phi) is 6.63. The van der Waals surface area contributed by atoms with Crippen molar-refractivity contribution in [2.75, 3.05) is 26.8 Å². The summed E-state index contributed by atoms with van der Waals surface area (Å²) in [6.07, 6.45) is 0. The number of benzene rings is 1. The number of esters is 1. The lowest BCUT2D eigenvalue weighted by Gasteiger charge is -2.19. The zero-order valence-electron chi connectivity index (χ0n) is 12.1. The molecule has 0 saturated heterocycles. The van der Waals surface area contributed by atoms with Crippen LogP contribution >= 0.6 is 15.9 Å². The highest BCUT2D eigenvalue weighted by atomic mass is 79.9. The molecule has 0 N–H and O–H groups in total. The molecular formula is C13H18BrNO5S. The summed E-state index contributed by atoms with van der Waals surface area (Å²) in [4.78, 5) is 11.2. The molecule has 6 nitrogen and oxygen atoms in total. The summed E-state index contributed by atoms with van der Waals surface area (Å²) in [6, 6.07) is 4.41. The summed E-state index contributed by atoms with van der Waals surface area (Å²) in [7, 11) is -2.26. The van der Waals surface area contributed by atoms with Crippen LogP contribution in [0.2, 0.25) is 0 Å². The van der Waals surface area contributed by atoms with E-state index in [-0.39, 0.29) is 11.5 Å². The number of hydrogen-bond donors (Lipinski definition) is 0. The van der Waals surface area contributed by atoms with Crippen LogP contribution in [-0.4, -0.2) is 45.5 Å². The van der Waals surface area contributed by atoms with Gasteiger partial charge in [0.15, 0.2) is 6.61 Å². The molecule has 0 heterocycles. The first kappa shape index (κ1) is 17.9. The quantitative estimate of drug-likeness (QED) is 0.677. The van der Waals surface area contributed by atoms with E-state index in [9.17, 15) is 13.2 Å². The van der Waals surface area contributed by atoms with E-state index in [1.54, 1.807) is 13.8 Å². The summed E-state index contributed by atoms with van der Waals surface area (Å²) in [6.45, 7) is 4.12. The van der Waals surface area contributed by atoms with Crippen molar-refractivity contribution in [1.29, 1.82) is 0 Å². The number of carbonyl (C=O) groups is 1. The lowest BCUT2D eigenvalue weighted by Crippen LogP contribution is -2.30. The van der Waals surface area contributed by atoms with Crippen molar-refractivity contribution in [2.45, 2.75) is 18.7 Å². The Labute approximate surface area is 133 Å². The second-order valence-electron chi connectivity index (χ2n) is 4.05. The van der Waals surface area contributed by atoms with Gasteiger partial charge in [-0.3, -0.25) is 0 Å². The molecule has 0 aromatic heterocycles. The zero-order chi connectivity index (χ0) is 16.0. The minimum atomic E-state index is -3.52. The number of nitrogens with zero attached hydrogens (tertiary/aromatic N) is 1. The van der Waals surface area contributed by atoms with Gasteiger partial charge in [-0.2, -0.15) is 4.31 Å². The lowest BCUT2D eigenvalue weighted by atomic mass is 10.3. The Bertz CT molecular complexity index is 599. The van der Waals surface area contributed by atoms with Crippen molar-refractivity contribution in [3.63, 3.8) is 0 Å². The van der Waals surface area contributed by atoms with Crippen molar-refractivity contribution < 1.29 is 22.7 Å². The summed E-state index contributed by atoms with van der Waals surface area (Å²) >= 11 is 3.24. The van der Waals surface area contributed by atoms with E-state index in [0.29, 0.717) is 23.3 Å². The summed E-state index contributed by atoms with van der Waals surface area (Å²) < 4.78 is 36.3. The topological polar surface area (TPSA) is 72.9 Å². The van der Waals surface area contributed by atoms with Crippen LogP contribution < -0.4 is 4.74 Å². The fourth-order valence-corrected chi connectivity index (χ4v) is 3.80. The maximum absolute atomic E-state index is 12.4. The number of methoxy groups -OCH3 is 1. The minimum absolute atomic E-state index is 0.170. The van der Waals surface area contributed by atoms with Crippen LogP contribution in [0.15, 0.2) is 27.6 Å². The Morgan fingerprint density at radius 1 is 1.29 bits per heavy atom. The van der Waals surface area contributed by atoms with Crippen molar-refractivity contribution in [3.05, 3.63) is 22.7 Å². The predicted octanol–water partition coefficient (Wildman–Crippen LogP) is 2.03. The second-order valence-corrected chi connectivity index (χ2v) is 6.84. The molecule has 1 rings (SSSR count). The van der Waals surface area contributed by atoms with Crippen LogP contribution in [0, 0.1) is 0 Å². The van der Waals surface area contributed by atoms with Gasteiger partial charge in [0.25, 0.3) is 0 Å². The number of hydrogen-bond acceptors (Lipinski definition) is 5. The number of rotatable bonds is 7. The van der Waals surface area contributed by atoms with Gasteiger partial charge in [0.05, 0.1) is 16.5 Å². The number of carbonyl (C=O) groups excluding carboxylic acids is 1. The van der Waals surface area contributed by atoms with Gasteiger partial charge in [0.2, 0.25) is 10.0 Å². The van der Waals surface area contributed by atoms with Gasteiger partial charge in [0.1, 0.15) is 5.75 Å². The van der Waals surface area contributed by atoms with E-state index in [1.165, 1.54) is 29.6 Å². The molecule has 1 aromatic rings. The number of sulfonamides is 1. The van der Waals surface area contributed by atoms with Gasteiger partial charge >= 0.3 is 5.97 Å². The Morgan fingerprint density at radius 3 is 2.38 bits per heavy atom. The van der Waals surface area contributed by atoms with E-state index in [2.05, 4.69) is 20.7 Å². The molecule has 0 amide bonds. The maximum Gasteiger partial charge on any atom is 0.343 e. The van der Waals surface area contributed by atoms with Gasteiger partial charge in [0, 0.05) is 13.1 Å². The molecule has 0 aliphatic carbocycles. The lowest BCUT2D eigenvalue weighted by molar-refractivity contribution is -0.142. The first-order valence-electron chi connectivity index (χ1n) is 6.36. The molecule has 0 bridgehead atoms. The van der Waals surface area contributed by atoms with Crippen LogP contribution in [0.3, 0.4) is 0 Å². The minimum Gasteiger partial charge on any atom is -0.481 e. The molecule has 1 aromatic carbocycles. The largest absolute Gasteiger partial charge is 0.481 e. The molecule has 0 spiro atoms. The molecule has 0 fully saturated rings. The molecule has 0 atom stereocenters. The van der Waals surface area contributed by atoms with Gasteiger partial charge < -0.3 is 9.47 Å². The van der Waals surface area contributed by atoms with Crippen molar-refractivity contribution >= 4 is 31.9 Å². The highest BCUT2D eigenvalue weighted by Gasteiger charge is 2.22. The van der Waals surface area contributed by atoms with Gasteiger partial charge in [-0.05, 0) is 34.1 Å². The standard InChI is InChI=1S/C13H18BrNO5S/c1-4-15(5-2)21(17,18)10-6-7-12(11(14)8-10)20-9-13(16)19-3/h6-8H,4-5,9H2,1-3H3. The SMILES string of the molecule is CCN(CC)S(=O)(=O)c1ccc(OCC(=O)OC)c(Br)c1.